The minimum absolute atomic E-state index is 0.566. The maximum Gasteiger partial charge on any atom is 0.128 e. The van der Waals surface area contributed by atoms with Gasteiger partial charge >= 0.3 is 0 Å². The van der Waals surface area contributed by atoms with Crippen LogP contribution in [0.2, 0.25) is 0 Å². The van der Waals surface area contributed by atoms with Gasteiger partial charge in [-0.05, 0) is 17.5 Å². The van der Waals surface area contributed by atoms with Gasteiger partial charge < -0.3 is 10.6 Å². The third-order valence-corrected chi connectivity index (χ3v) is 4.41. The van der Waals surface area contributed by atoms with E-state index < -0.39 is 0 Å². The van der Waals surface area contributed by atoms with Crippen LogP contribution in [0, 0.1) is 5.92 Å². The first kappa shape index (κ1) is 15.3. The lowest BCUT2D eigenvalue weighted by molar-refractivity contribution is 0.212. The average Bonchev–Trinajstić information content (AvgIpc) is 2.53. The molecule has 0 radical (unpaired) electrons. The van der Waals surface area contributed by atoms with Crippen molar-refractivity contribution in [3.63, 3.8) is 0 Å². The van der Waals surface area contributed by atoms with Crippen LogP contribution < -0.4 is 10.6 Å². The highest BCUT2D eigenvalue weighted by Gasteiger charge is 2.19. The molecule has 0 unspecified atom stereocenters. The molecular formula is C16H28N4. The lowest BCUT2D eigenvalue weighted by Gasteiger charge is -2.36. The molecule has 0 aromatic carbocycles. The van der Waals surface area contributed by atoms with Gasteiger partial charge in [-0.2, -0.15) is 0 Å². The summed E-state index contributed by atoms with van der Waals surface area (Å²) >= 11 is 0. The van der Waals surface area contributed by atoms with E-state index in [4.69, 9.17) is 5.73 Å². The van der Waals surface area contributed by atoms with Crippen LogP contribution in [0.3, 0.4) is 0 Å². The molecule has 1 saturated heterocycles. The lowest BCUT2D eigenvalue weighted by Crippen LogP contribution is -2.48. The molecule has 0 atom stereocenters. The number of nitrogens with zero attached hydrogens (tertiary/aromatic N) is 3. The van der Waals surface area contributed by atoms with E-state index in [1.807, 2.05) is 6.20 Å². The summed E-state index contributed by atoms with van der Waals surface area (Å²) in [5.41, 5.74) is 6.71. The molecule has 1 aromatic heterocycles. The Labute approximate surface area is 123 Å². The zero-order chi connectivity index (χ0) is 14.4. The molecule has 0 amide bonds. The highest BCUT2D eigenvalue weighted by Crippen LogP contribution is 2.16. The SMILES string of the molecule is CCC(CC)CN1CCN(c2ccc(CN)cn2)CC1. The third-order valence-electron chi connectivity index (χ3n) is 4.41. The Kier molecular flexibility index (Phi) is 5.80. The van der Waals surface area contributed by atoms with E-state index in [1.54, 1.807) is 0 Å². The summed E-state index contributed by atoms with van der Waals surface area (Å²) in [6.07, 6.45) is 4.48. The largest absolute Gasteiger partial charge is 0.354 e. The first-order valence-electron chi connectivity index (χ1n) is 7.89. The molecule has 2 rings (SSSR count). The normalized spacial score (nSPS) is 16.9. The van der Waals surface area contributed by atoms with Crippen molar-refractivity contribution >= 4 is 5.82 Å². The molecule has 0 bridgehead atoms. The summed E-state index contributed by atoms with van der Waals surface area (Å²) in [6, 6.07) is 4.18. The Morgan fingerprint density at radius 1 is 1.15 bits per heavy atom. The van der Waals surface area contributed by atoms with E-state index in [9.17, 15) is 0 Å². The molecule has 0 aliphatic carbocycles. The van der Waals surface area contributed by atoms with Crippen LogP contribution in [0.1, 0.15) is 32.3 Å². The van der Waals surface area contributed by atoms with Crippen molar-refractivity contribution in [3.8, 4) is 0 Å². The Hall–Kier alpha value is -1.13. The maximum absolute atomic E-state index is 5.61. The van der Waals surface area contributed by atoms with Gasteiger partial charge in [0, 0.05) is 45.5 Å². The molecule has 1 aliphatic rings. The number of piperazine rings is 1. The van der Waals surface area contributed by atoms with Crippen molar-refractivity contribution in [2.24, 2.45) is 11.7 Å². The second-order valence-corrected chi connectivity index (χ2v) is 5.70. The van der Waals surface area contributed by atoms with Crippen molar-refractivity contribution in [2.45, 2.75) is 33.2 Å². The fraction of sp³-hybridized carbons (Fsp3) is 0.688. The van der Waals surface area contributed by atoms with E-state index in [2.05, 4.69) is 40.8 Å². The first-order chi connectivity index (χ1) is 9.76. The Bertz CT molecular complexity index is 378. The summed E-state index contributed by atoms with van der Waals surface area (Å²) in [5.74, 6) is 1.94. The number of aromatic nitrogens is 1. The monoisotopic (exact) mass is 276 g/mol. The van der Waals surface area contributed by atoms with Crippen LogP contribution in [0.15, 0.2) is 18.3 Å². The van der Waals surface area contributed by atoms with Crippen molar-refractivity contribution in [2.75, 3.05) is 37.6 Å². The van der Waals surface area contributed by atoms with Crippen LogP contribution in [-0.2, 0) is 6.54 Å². The van der Waals surface area contributed by atoms with Gasteiger partial charge in [-0.1, -0.05) is 32.8 Å². The quantitative estimate of drug-likeness (QED) is 0.864. The van der Waals surface area contributed by atoms with Gasteiger partial charge in [0.2, 0.25) is 0 Å². The van der Waals surface area contributed by atoms with E-state index >= 15 is 0 Å². The van der Waals surface area contributed by atoms with Crippen molar-refractivity contribution < 1.29 is 0 Å². The van der Waals surface area contributed by atoms with E-state index in [1.165, 1.54) is 19.4 Å². The highest BCUT2D eigenvalue weighted by atomic mass is 15.3. The lowest BCUT2D eigenvalue weighted by atomic mass is 10.0. The number of rotatable bonds is 6. The van der Waals surface area contributed by atoms with Crippen molar-refractivity contribution in [1.82, 2.24) is 9.88 Å². The Balaban J connectivity index is 1.84. The molecule has 2 heterocycles. The molecule has 1 aliphatic heterocycles. The highest BCUT2D eigenvalue weighted by molar-refractivity contribution is 5.39. The fourth-order valence-electron chi connectivity index (χ4n) is 2.80. The number of hydrogen-bond acceptors (Lipinski definition) is 4. The van der Waals surface area contributed by atoms with Crippen LogP contribution >= 0.6 is 0 Å². The van der Waals surface area contributed by atoms with Crippen LogP contribution in [0.5, 0.6) is 0 Å². The van der Waals surface area contributed by atoms with E-state index in [0.717, 1.165) is 43.5 Å². The van der Waals surface area contributed by atoms with Gasteiger partial charge in [-0.25, -0.2) is 4.98 Å². The second-order valence-electron chi connectivity index (χ2n) is 5.70. The van der Waals surface area contributed by atoms with Gasteiger partial charge in [-0.15, -0.1) is 0 Å². The zero-order valence-electron chi connectivity index (χ0n) is 12.9. The molecule has 1 fully saturated rings. The predicted molar refractivity (Wildman–Crippen MR) is 84.9 cm³/mol. The average molecular weight is 276 g/mol. The first-order valence-corrected chi connectivity index (χ1v) is 7.89. The number of pyridine rings is 1. The number of nitrogens with two attached hydrogens (primary N) is 1. The van der Waals surface area contributed by atoms with Crippen LogP contribution in [0.25, 0.3) is 0 Å². The summed E-state index contributed by atoms with van der Waals surface area (Å²) in [5, 5.41) is 0. The standard InChI is InChI=1S/C16H28N4/c1-3-14(4-2)13-19-7-9-20(10-8-19)16-6-5-15(11-17)12-18-16/h5-6,12,14H,3-4,7-11,13,17H2,1-2H3. The molecule has 20 heavy (non-hydrogen) atoms. The summed E-state index contributed by atoms with van der Waals surface area (Å²) < 4.78 is 0. The minimum atomic E-state index is 0.566. The summed E-state index contributed by atoms with van der Waals surface area (Å²) in [6.45, 7) is 10.9. The van der Waals surface area contributed by atoms with Gasteiger partial charge in [0.15, 0.2) is 0 Å². The minimum Gasteiger partial charge on any atom is -0.354 e. The molecule has 4 nitrogen and oxygen atoms in total. The summed E-state index contributed by atoms with van der Waals surface area (Å²) in [4.78, 5) is 9.50. The molecule has 4 heteroatoms. The van der Waals surface area contributed by atoms with Crippen LogP contribution in [-0.4, -0.2) is 42.6 Å². The van der Waals surface area contributed by atoms with Gasteiger partial charge in [0.1, 0.15) is 5.82 Å². The summed E-state index contributed by atoms with van der Waals surface area (Å²) in [7, 11) is 0. The zero-order valence-corrected chi connectivity index (χ0v) is 12.9. The number of hydrogen-bond donors (Lipinski definition) is 1. The Morgan fingerprint density at radius 2 is 1.85 bits per heavy atom. The second kappa shape index (κ2) is 7.60. The predicted octanol–water partition coefficient (Wildman–Crippen LogP) is 2.10. The molecule has 0 spiro atoms. The molecule has 2 N–H and O–H groups in total. The maximum atomic E-state index is 5.61. The molecule has 1 aromatic rings. The number of anilines is 1. The molecule has 0 saturated carbocycles. The topological polar surface area (TPSA) is 45.4 Å². The van der Waals surface area contributed by atoms with Crippen LogP contribution in [0.4, 0.5) is 5.82 Å². The van der Waals surface area contributed by atoms with Gasteiger partial charge in [0.25, 0.3) is 0 Å². The molecular weight excluding hydrogens is 248 g/mol. The Morgan fingerprint density at radius 3 is 2.35 bits per heavy atom. The van der Waals surface area contributed by atoms with E-state index in [0.29, 0.717) is 6.54 Å². The third kappa shape index (κ3) is 3.93. The van der Waals surface area contributed by atoms with Gasteiger partial charge in [-0.3, -0.25) is 4.90 Å². The van der Waals surface area contributed by atoms with Gasteiger partial charge in [0.05, 0.1) is 0 Å². The fourth-order valence-corrected chi connectivity index (χ4v) is 2.80. The van der Waals surface area contributed by atoms with Crippen molar-refractivity contribution in [1.29, 1.82) is 0 Å². The van der Waals surface area contributed by atoms with E-state index in [-0.39, 0.29) is 0 Å². The smallest absolute Gasteiger partial charge is 0.128 e. The molecule has 112 valence electrons. The van der Waals surface area contributed by atoms with Crippen molar-refractivity contribution in [3.05, 3.63) is 23.9 Å².